The second-order valence-corrected chi connectivity index (χ2v) is 23.2. The van der Waals surface area contributed by atoms with E-state index < -0.39 is 12.1 Å². The van der Waals surface area contributed by atoms with E-state index in [4.69, 9.17) is 4.74 Å². The first-order valence-corrected chi connectivity index (χ1v) is 33.4. The molecule has 2 atom stereocenters. The summed E-state index contributed by atoms with van der Waals surface area (Å²) in [5.74, 6) is -0.0145. The van der Waals surface area contributed by atoms with Gasteiger partial charge in [0.05, 0.1) is 25.4 Å². The summed E-state index contributed by atoms with van der Waals surface area (Å²) in [4.78, 5) is 24.6. The zero-order valence-electron chi connectivity index (χ0n) is 49.6. The Morgan fingerprint density at radius 3 is 0.973 bits per heavy atom. The molecule has 6 heteroatoms. The molecule has 0 spiro atoms. The molecule has 0 saturated heterocycles. The first-order chi connectivity index (χ1) is 36.0. The lowest BCUT2D eigenvalue weighted by Crippen LogP contribution is -2.45. The number of allylic oxidation sites excluding steroid dienone is 2. The normalized spacial score (nSPS) is 12.5. The van der Waals surface area contributed by atoms with Gasteiger partial charge in [-0.25, -0.2) is 0 Å². The van der Waals surface area contributed by atoms with Gasteiger partial charge in [-0.05, 0) is 51.4 Å². The maximum atomic E-state index is 12.5. The standard InChI is InChI=1S/C67H131NO5/c1-3-5-7-9-11-13-15-17-32-37-41-45-49-53-57-61-67(72)73-62-58-54-50-46-42-38-34-31-29-27-25-23-21-19-20-22-24-26-28-30-33-36-40-44-48-52-56-60-66(71)68-64(63-69)65(70)59-55-51-47-43-39-35-18-16-14-12-10-8-6-4-2/h19-20,64-65,69-70H,3-18,21-63H2,1-2H3,(H,68,71)/b20-19-. The third kappa shape index (κ3) is 59.7. The molecule has 0 aromatic carbocycles. The summed E-state index contributed by atoms with van der Waals surface area (Å²) >= 11 is 0. The van der Waals surface area contributed by atoms with Crippen LogP contribution in [0.5, 0.6) is 0 Å². The fraction of sp³-hybridized carbons (Fsp3) is 0.940. The van der Waals surface area contributed by atoms with Crippen molar-refractivity contribution in [1.82, 2.24) is 5.32 Å². The highest BCUT2D eigenvalue weighted by Gasteiger charge is 2.20. The zero-order chi connectivity index (χ0) is 52.9. The predicted molar refractivity (Wildman–Crippen MR) is 320 cm³/mol. The molecule has 434 valence electrons. The van der Waals surface area contributed by atoms with E-state index in [1.165, 1.54) is 308 Å². The molecule has 0 saturated carbocycles. The van der Waals surface area contributed by atoms with Crippen LogP contribution in [0.2, 0.25) is 0 Å². The number of hydrogen-bond donors (Lipinski definition) is 3. The zero-order valence-corrected chi connectivity index (χ0v) is 49.6. The minimum atomic E-state index is -0.663. The summed E-state index contributed by atoms with van der Waals surface area (Å²) in [6, 6.07) is -0.541. The molecule has 0 aliphatic carbocycles. The van der Waals surface area contributed by atoms with E-state index in [0.29, 0.717) is 25.9 Å². The van der Waals surface area contributed by atoms with Crippen molar-refractivity contribution < 1.29 is 24.5 Å². The Morgan fingerprint density at radius 1 is 0.370 bits per heavy atom. The second kappa shape index (κ2) is 63.1. The lowest BCUT2D eigenvalue weighted by molar-refractivity contribution is -0.143. The van der Waals surface area contributed by atoms with Crippen molar-refractivity contribution in [2.75, 3.05) is 13.2 Å². The molecule has 0 aromatic heterocycles. The Kier molecular flexibility index (Phi) is 61.9. The fourth-order valence-corrected chi connectivity index (χ4v) is 10.7. The van der Waals surface area contributed by atoms with E-state index >= 15 is 0 Å². The first-order valence-electron chi connectivity index (χ1n) is 33.4. The molecule has 0 fully saturated rings. The summed E-state index contributed by atoms with van der Waals surface area (Å²) < 4.78 is 5.50. The maximum absolute atomic E-state index is 12.5. The molecule has 0 radical (unpaired) electrons. The van der Waals surface area contributed by atoms with E-state index in [0.717, 1.165) is 38.5 Å². The third-order valence-electron chi connectivity index (χ3n) is 15.8. The van der Waals surface area contributed by atoms with Crippen molar-refractivity contribution in [2.24, 2.45) is 0 Å². The van der Waals surface area contributed by atoms with Gasteiger partial charge >= 0.3 is 5.97 Å². The van der Waals surface area contributed by atoms with Crippen molar-refractivity contribution in [2.45, 2.75) is 392 Å². The molecule has 3 N–H and O–H groups in total. The van der Waals surface area contributed by atoms with Crippen LogP contribution >= 0.6 is 0 Å². The fourth-order valence-electron chi connectivity index (χ4n) is 10.7. The number of nitrogens with one attached hydrogen (secondary N) is 1. The Morgan fingerprint density at radius 2 is 0.644 bits per heavy atom. The molecule has 2 unspecified atom stereocenters. The van der Waals surface area contributed by atoms with Crippen LogP contribution in [0.1, 0.15) is 380 Å². The van der Waals surface area contributed by atoms with Gasteiger partial charge in [-0.2, -0.15) is 0 Å². The molecular weight excluding hydrogens is 899 g/mol. The number of hydrogen-bond acceptors (Lipinski definition) is 5. The van der Waals surface area contributed by atoms with Gasteiger partial charge in [-0.3, -0.25) is 9.59 Å². The number of amides is 1. The lowest BCUT2D eigenvalue weighted by atomic mass is 10.0. The number of aliphatic hydroxyl groups is 2. The van der Waals surface area contributed by atoms with Crippen molar-refractivity contribution in [3.05, 3.63) is 12.2 Å². The van der Waals surface area contributed by atoms with Crippen LogP contribution in [0.4, 0.5) is 0 Å². The van der Waals surface area contributed by atoms with Crippen LogP contribution in [0.3, 0.4) is 0 Å². The van der Waals surface area contributed by atoms with Crippen molar-refractivity contribution in [3.63, 3.8) is 0 Å². The topological polar surface area (TPSA) is 95.9 Å². The molecule has 1 amide bonds. The highest BCUT2D eigenvalue weighted by atomic mass is 16.5. The van der Waals surface area contributed by atoms with Gasteiger partial charge < -0.3 is 20.3 Å². The smallest absolute Gasteiger partial charge is 0.305 e. The largest absolute Gasteiger partial charge is 0.466 e. The average Bonchev–Trinajstić information content (AvgIpc) is 3.39. The summed E-state index contributed by atoms with van der Waals surface area (Å²) in [5, 5.41) is 23.3. The Hall–Kier alpha value is -1.40. The number of aliphatic hydroxyl groups excluding tert-OH is 2. The Bertz CT molecular complexity index is 1100. The van der Waals surface area contributed by atoms with Crippen molar-refractivity contribution in [3.8, 4) is 0 Å². The Labute approximate surface area is 457 Å². The minimum Gasteiger partial charge on any atom is -0.466 e. The van der Waals surface area contributed by atoms with E-state index in [2.05, 4.69) is 31.3 Å². The van der Waals surface area contributed by atoms with Gasteiger partial charge in [0.25, 0.3) is 0 Å². The van der Waals surface area contributed by atoms with Gasteiger partial charge in [-0.15, -0.1) is 0 Å². The van der Waals surface area contributed by atoms with Crippen molar-refractivity contribution >= 4 is 11.9 Å². The number of carbonyl (C=O) groups excluding carboxylic acids is 2. The summed E-state index contributed by atoms with van der Waals surface area (Å²) in [6.07, 6.45) is 76.7. The lowest BCUT2D eigenvalue weighted by Gasteiger charge is -2.22. The highest BCUT2D eigenvalue weighted by molar-refractivity contribution is 5.76. The summed E-state index contributed by atoms with van der Waals surface area (Å²) in [5.41, 5.74) is 0. The molecule has 0 aliphatic heterocycles. The van der Waals surface area contributed by atoms with Crippen LogP contribution in [0, 0.1) is 0 Å². The van der Waals surface area contributed by atoms with Crippen LogP contribution in [-0.2, 0) is 14.3 Å². The van der Waals surface area contributed by atoms with Gasteiger partial charge in [0, 0.05) is 12.8 Å². The van der Waals surface area contributed by atoms with E-state index in [1.807, 2.05) is 0 Å². The second-order valence-electron chi connectivity index (χ2n) is 23.2. The number of esters is 1. The average molecular weight is 1030 g/mol. The van der Waals surface area contributed by atoms with Crippen LogP contribution in [0.25, 0.3) is 0 Å². The monoisotopic (exact) mass is 1030 g/mol. The maximum Gasteiger partial charge on any atom is 0.305 e. The molecule has 0 aliphatic rings. The molecule has 0 aromatic rings. The number of unbranched alkanes of at least 4 members (excludes halogenated alkanes) is 50. The number of ether oxygens (including phenoxy) is 1. The van der Waals surface area contributed by atoms with Crippen LogP contribution in [0.15, 0.2) is 12.2 Å². The van der Waals surface area contributed by atoms with Crippen LogP contribution < -0.4 is 5.32 Å². The molecule has 73 heavy (non-hydrogen) atoms. The minimum absolute atomic E-state index is 0.0188. The number of rotatable bonds is 63. The van der Waals surface area contributed by atoms with Gasteiger partial charge in [0.1, 0.15) is 0 Å². The first kappa shape index (κ1) is 71.6. The van der Waals surface area contributed by atoms with Gasteiger partial charge in [0.2, 0.25) is 5.91 Å². The van der Waals surface area contributed by atoms with E-state index in [-0.39, 0.29) is 18.5 Å². The predicted octanol–water partition coefficient (Wildman–Crippen LogP) is 21.2. The van der Waals surface area contributed by atoms with Crippen molar-refractivity contribution in [1.29, 1.82) is 0 Å². The van der Waals surface area contributed by atoms with E-state index in [1.54, 1.807) is 0 Å². The molecule has 0 rings (SSSR count). The number of carbonyl (C=O) groups is 2. The highest BCUT2D eigenvalue weighted by Crippen LogP contribution is 2.18. The van der Waals surface area contributed by atoms with Gasteiger partial charge in [-0.1, -0.05) is 328 Å². The SMILES string of the molecule is CCCCCCCCCCCCCCCCCC(=O)OCCCCCCCCCCCCCC/C=C\CCCCCCCCCCCCCC(=O)NC(CO)C(O)CCCCCCCCCCCCCCCC. The van der Waals surface area contributed by atoms with Gasteiger partial charge in [0.15, 0.2) is 0 Å². The third-order valence-corrected chi connectivity index (χ3v) is 15.8. The van der Waals surface area contributed by atoms with Crippen LogP contribution in [-0.4, -0.2) is 47.4 Å². The summed E-state index contributed by atoms with van der Waals surface area (Å²) in [6.45, 7) is 4.99. The molecule has 0 heterocycles. The molecular formula is C67H131NO5. The molecule has 0 bridgehead atoms. The quantitative estimate of drug-likeness (QED) is 0.0320. The van der Waals surface area contributed by atoms with E-state index in [9.17, 15) is 19.8 Å². The Balaban J connectivity index is 3.36. The molecule has 6 nitrogen and oxygen atoms in total. The summed E-state index contributed by atoms with van der Waals surface area (Å²) in [7, 11) is 0.